The molecule has 2 saturated heterocycles. The van der Waals surface area contributed by atoms with Gasteiger partial charge in [-0.05, 0) is 51.9 Å². The van der Waals surface area contributed by atoms with Gasteiger partial charge in [0.25, 0.3) is 0 Å². The predicted molar refractivity (Wildman–Crippen MR) is 83.8 cm³/mol. The maximum Gasteiger partial charge on any atom is 0.0618 e. The molecule has 3 fully saturated rings. The molecule has 5 unspecified atom stereocenters. The summed E-state index contributed by atoms with van der Waals surface area (Å²) in [6.07, 6.45) is 7.39. The minimum absolute atomic E-state index is 0.285. The molecule has 3 aliphatic rings. The SMILES string of the molecule is CC(C)C1CC2COC3CCCCC3C2N1C(C)(C)C. The fraction of sp³-hybridized carbons (Fsp3) is 1.00. The van der Waals surface area contributed by atoms with Crippen LogP contribution in [0.15, 0.2) is 0 Å². The Hall–Kier alpha value is -0.0800. The highest BCUT2D eigenvalue weighted by Gasteiger charge is 2.53. The molecule has 0 radical (unpaired) electrons. The Bertz CT molecular complexity index is 346. The van der Waals surface area contributed by atoms with Gasteiger partial charge in [0, 0.05) is 23.5 Å². The molecule has 0 aromatic rings. The highest BCUT2D eigenvalue weighted by atomic mass is 16.5. The summed E-state index contributed by atoms with van der Waals surface area (Å²) >= 11 is 0. The lowest BCUT2D eigenvalue weighted by Gasteiger charge is -2.50. The first-order valence-corrected chi connectivity index (χ1v) is 8.79. The van der Waals surface area contributed by atoms with Crippen LogP contribution in [0.2, 0.25) is 0 Å². The molecule has 1 aliphatic carbocycles. The van der Waals surface area contributed by atoms with Gasteiger partial charge in [0.2, 0.25) is 0 Å². The van der Waals surface area contributed by atoms with E-state index in [1.165, 1.54) is 32.1 Å². The van der Waals surface area contributed by atoms with E-state index < -0.39 is 0 Å². The predicted octanol–water partition coefficient (Wildman–Crippen LogP) is 4.09. The number of likely N-dealkylation sites (tertiary alicyclic amines) is 1. The highest BCUT2D eigenvalue weighted by molar-refractivity contribution is 5.06. The number of ether oxygens (including phenoxy) is 1. The van der Waals surface area contributed by atoms with E-state index in [0.29, 0.717) is 6.10 Å². The van der Waals surface area contributed by atoms with Crippen LogP contribution < -0.4 is 0 Å². The standard InChI is InChI=1S/C18H33NO/c1-12(2)15-10-13-11-20-16-9-7-6-8-14(16)17(13)19(15)18(3,4)5/h12-17H,6-11H2,1-5H3. The lowest BCUT2D eigenvalue weighted by molar-refractivity contribution is -0.117. The van der Waals surface area contributed by atoms with Crippen LogP contribution in [-0.2, 0) is 4.74 Å². The van der Waals surface area contributed by atoms with Crippen molar-refractivity contribution in [3.8, 4) is 0 Å². The molecule has 0 spiro atoms. The molecule has 20 heavy (non-hydrogen) atoms. The minimum atomic E-state index is 0.285. The van der Waals surface area contributed by atoms with E-state index in [9.17, 15) is 0 Å². The molecule has 2 aliphatic heterocycles. The molecule has 0 aromatic carbocycles. The summed E-state index contributed by atoms with van der Waals surface area (Å²) in [4.78, 5) is 2.90. The number of nitrogens with zero attached hydrogens (tertiary/aromatic N) is 1. The van der Waals surface area contributed by atoms with Crippen LogP contribution in [0.3, 0.4) is 0 Å². The van der Waals surface area contributed by atoms with Gasteiger partial charge in [0.15, 0.2) is 0 Å². The van der Waals surface area contributed by atoms with Crippen molar-refractivity contribution in [1.82, 2.24) is 4.90 Å². The van der Waals surface area contributed by atoms with Crippen molar-refractivity contribution in [2.45, 2.75) is 90.4 Å². The molecule has 2 heteroatoms. The molecule has 1 saturated carbocycles. The molecule has 0 aromatic heterocycles. The molecular formula is C18H33NO. The third-order valence-corrected chi connectivity index (χ3v) is 5.97. The van der Waals surface area contributed by atoms with Crippen molar-refractivity contribution in [3.05, 3.63) is 0 Å². The molecule has 116 valence electrons. The average molecular weight is 279 g/mol. The van der Waals surface area contributed by atoms with Gasteiger partial charge in [-0.3, -0.25) is 4.90 Å². The third-order valence-electron chi connectivity index (χ3n) is 5.97. The summed E-state index contributed by atoms with van der Waals surface area (Å²) in [5, 5.41) is 0. The summed E-state index contributed by atoms with van der Waals surface area (Å²) in [6.45, 7) is 13.1. The molecule has 0 N–H and O–H groups in total. The Morgan fingerprint density at radius 2 is 1.80 bits per heavy atom. The Balaban J connectivity index is 1.90. The molecule has 5 atom stereocenters. The Morgan fingerprint density at radius 3 is 2.45 bits per heavy atom. The van der Waals surface area contributed by atoms with Crippen molar-refractivity contribution in [2.75, 3.05) is 6.61 Å². The first kappa shape index (κ1) is 14.8. The van der Waals surface area contributed by atoms with E-state index in [0.717, 1.165) is 36.4 Å². The molecule has 2 nitrogen and oxygen atoms in total. The summed E-state index contributed by atoms with van der Waals surface area (Å²) < 4.78 is 6.26. The van der Waals surface area contributed by atoms with E-state index in [-0.39, 0.29) is 5.54 Å². The van der Waals surface area contributed by atoms with Crippen LogP contribution in [0.25, 0.3) is 0 Å². The zero-order valence-corrected chi connectivity index (χ0v) is 14.1. The maximum atomic E-state index is 6.26. The van der Waals surface area contributed by atoms with Crippen LogP contribution in [0, 0.1) is 17.8 Å². The van der Waals surface area contributed by atoms with Gasteiger partial charge >= 0.3 is 0 Å². The monoisotopic (exact) mass is 279 g/mol. The summed E-state index contributed by atoms with van der Waals surface area (Å²) in [6, 6.07) is 1.52. The average Bonchev–Trinajstić information content (AvgIpc) is 2.78. The van der Waals surface area contributed by atoms with Crippen molar-refractivity contribution >= 4 is 0 Å². The van der Waals surface area contributed by atoms with Gasteiger partial charge in [-0.2, -0.15) is 0 Å². The van der Waals surface area contributed by atoms with E-state index in [1.807, 2.05) is 0 Å². The van der Waals surface area contributed by atoms with E-state index in [4.69, 9.17) is 4.74 Å². The number of rotatable bonds is 1. The Kier molecular flexibility index (Phi) is 3.92. The van der Waals surface area contributed by atoms with E-state index >= 15 is 0 Å². The normalized spacial score (nSPS) is 42.6. The van der Waals surface area contributed by atoms with Gasteiger partial charge < -0.3 is 4.74 Å². The smallest absolute Gasteiger partial charge is 0.0618 e. The highest BCUT2D eigenvalue weighted by Crippen LogP contribution is 2.48. The Morgan fingerprint density at radius 1 is 1.10 bits per heavy atom. The fourth-order valence-electron chi connectivity index (χ4n) is 5.24. The first-order chi connectivity index (χ1) is 9.39. The summed E-state index contributed by atoms with van der Waals surface area (Å²) in [7, 11) is 0. The van der Waals surface area contributed by atoms with Gasteiger partial charge in [-0.25, -0.2) is 0 Å². The van der Waals surface area contributed by atoms with Crippen LogP contribution in [0.5, 0.6) is 0 Å². The van der Waals surface area contributed by atoms with Crippen LogP contribution in [-0.4, -0.2) is 35.2 Å². The molecular weight excluding hydrogens is 246 g/mol. The van der Waals surface area contributed by atoms with E-state index in [1.54, 1.807) is 0 Å². The lowest BCUT2D eigenvalue weighted by Crippen LogP contribution is -2.58. The van der Waals surface area contributed by atoms with Gasteiger partial charge in [-0.1, -0.05) is 26.7 Å². The van der Waals surface area contributed by atoms with Crippen molar-refractivity contribution in [2.24, 2.45) is 17.8 Å². The second kappa shape index (κ2) is 5.28. The van der Waals surface area contributed by atoms with Crippen LogP contribution >= 0.6 is 0 Å². The summed E-state index contributed by atoms with van der Waals surface area (Å²) in [5.74, 6) is 2.33. The van der Waals surface area contributed by atoms with Crippen LogP contribution in [0.4, 0.5) is 0 Å². The minimum Gasteiger partial charge on any atom is -0.378 e. The van der Waals surface area contributed by atoms with Gasteiger partial charge in [0.05, 0.1) is 12.7 Å². The maximum absolute atomic E-state index is 6.26. The second-order valence-corrected chi connectivity index (χ2v) is 8.70. The number of fused-ring (bicyclic) bond motifs is 3. The zero-order valence-electron chi connectivity index (χ0n) is 14.1. The number of hydrogen-bond donors (Lipinski definition) is 0. The van der Waals surface area contributed by atoms with Crippen molar-refractivity contribution < 1.29 is 4.74 Å². The molecule has 2 heterocycles. The first-order valence-electron chi connectivity index (χ1n) is 8.79. The summed E-state index contributed by atoms with van der Waals surface area (Å²) in [5.41, 5.74) is 0.285. The lowest BCUT2D eigenvalue weighted by atomic mass is 9.74. The van der Waals surface area contributed by atoms with Crippen molar-refractivity contribution in [1.29, 1.82) is 0 Å². The molecule has 3 rings (SSSR count). The topological polar surface area (TPSA) is 12.5 Å². The van der Waals surface area contributed by atoms with E-state index in [2.05, 4.69) is 39.5 Å². The molecule has 0 bridgehead atoms. The van der Waals surface area contributed by atoms with Gasteiger partial charge in [-0.15, -0.1) is 0 Å². The second-order valence-electron chi connectivity index (χ2n) is 8.70. The largest absolute Gasteiger partial charge is 0.378 e. The quantitative estimate of drug-likeness (QED) is 0.717. The third kappa shape index (κ3) is 2.43. The molecule has 0 amide bonds. The Labute approximate surface area is 125 Å². The fourth-order valence-corrected chi connectivity index (χ4v) is 5.24. The van der Waals surface area contributed by atoms with Crippen molar-refractivity contribution in [3.63, 3.8) is 0 Å². The van der Waals surface area contributed by atoms with Gasteiger partial charge in [0.1, 0.15) is 0 Å². The zero-order chi connectivity index (χ0) is 14.5. The number of hydrogen-bond acceptors (Lipinski definition) is 2. The van der Waals surface area contributed by atoms with Crippen LogP contribution in [0.1, 0.15) is 66.7 Å².